The average Bonchev–Trinajstić information content (AvgIpc) is 2.61. The Labute approximate surface area is 139 Å². The van der Waals surface area contributed by atoms with Crippen LogP contribution >= 0.6 is 0 Å². The summed E-state index contributed by atoms with van der Waals surface area (Å²) in [5.74, 6) is 0.0377. The first-order chi connectivity index (χ1) is 12.0. The van der Waals surface area contributed by atoms with Gasteiger partial charge in [0.2, 0.25) is 5.75 Å². The lowest BCUT2D eigenvalue weighted by Gasteiger charge is -2.10. The number of rotatable bonds is 5. The number of aldehydes is 1. The van der Waals surface area contributed by atoms with E-state index in [0.717, 1.165) is 6.07 Å². The monoisotopic (exact) mass is 339 g/mol. The molecule has 124 valence electrons. The largest absolute Gasteiger partial charge is 0.449 e. The van der Waals surface area contributed by atoms with E-state index in [0.29, 0.717) is 11.7 Å². The van der Waals surface area contributed by atoms with Crippen molar-refractivity contribution in [2.45, 2.75) is 0 Å². The fourth-order valence-corrected chi connectivity index (χ4v) is 2.35. The third-order valence-electron chi connectivity index (χ3n) is 3.49. The van der Waals surface area contributed by atoms with Crippen LogP contribution in [-0.2, 0) is 0 Å². The van der Waals surface area contributed by atoms with E-state index < -0.39 is 9.85 Å². The second-order valence-corrected chi connectivity index (χ2v) is 4.97. The summed E-state index contributed by atoms with van der Waals surface area (Å²) < 4.78 is 5.61. The molecule has 0 fully saturated rings. The molecule has 25 heavy (non-hydrogen) atoms. The van der Waals surface area contributed by atoms with Crippen molar-refractivity contribution in [3.05, 3.63) is 74.6 Å². The number of aromatic nitrogens is 1. The van der Waals surface area contributed by atoms with Gasteiger partial charge in [-0.15, -0.1) is 0 Å². The molecule has 0 radical (unpaired) electrons. The van der Waals surface area contributed by atoms with E-state index in [1.54, 1.807) is 0 Å². The first kappa shape index (κ1) is 16.0. The Bertz CT molecular complexity index is 1020. The lowest BCUT2D eigenvalue weighted by atomic mass is 10.1. The molecule has 0 aliphatic carbocycles. The van der Waals surface area contributed by atoms with Crippen molar-refractivity contribution in [3.63, 3.8) is 0 Å². The normalized spacial score (nSPS) is 10.4. The molecule has 0 unspecified atom stereocenters. The number of carbonyl (C=O) groups excluding carboxylic acids is 1. The van der Waals surface area contributed by atoms with Gasteiger partial charge in [-0.05, 0) is 24.3 Å². The highest BCUT2D eigenvalue weighted by Gasteiger charge is 2.20. The van der Waals surface area contributed by atoms with Crippen LogP contribution in [0.3, 0.4) is 0 Å². The topological polar surface area (TPSA) is 125 Å². The van der Waals surface area contributed by atoms with Gasteiger partial charge in [-0.2, -0.15) is 0 Å². The highest BCUT2D eigenvalue weighted by atomic mass is 16.6. The number of nitro benzene ring substituents is 2. The van der Waals surface area contributed by atoms with Crippen LogP contribution in [0.5, 0.6) is 11.5 Å². The van der Waals surface area contributed by atoms with Crippen molar-refractivity contribution in [3.8, 4) is 11.5 Å². The number of pyridine rings is 1. The summed E-state index contributed by atoms with van der Waals surface area (Å²) in [4.78, 5) is 35.9. The molecule has 0 atom stereocenters. The summed E-state index contributed by atoms with van der Waals surface area (Å²) in [5, 5.41) is 22.9. The second kappa shape index (κ2) is 6.32. The van der Waals surface area contributed by atoms with E-state index in [-0.39, 0.29) is 33.8 Å². The maximum atomic E-state index is 11.2. The number of ether oxygens (including phenoxy) is 1. The fourth-order valence-electron chi connectivity index (χ4n) is 2.35. The Balaban J connectivity index is 2.16. The van der Waals surface area contributed by atoms with Crippen LogP contribution in [0, 0.1) is 20.2 Å². The van der Waals surface area contributed by atoms with Crippen molar-refractivity contribution >= 4 is 28.4 Å². The van der Waals surface area contributed by atoms with E-state index in [1.165, 1.54) is 42.7 Å². The minimum absolute atomic E-state index is 0.137. The Hall–Kier alpha value is -3.88. The maximum Gasteiger partial charge on any atom is 0.311 e. The van der Waals surface area contributed by atoms with Crippen molar-refractivity contribution in [1.29, 1.82) is 0 Å². The van der Waals surface area contributed by atoms with Gasteiger partial charge in [-0.1, -0.05) is 0 Å². The zero-order valence-electron chi connectivity index (χ0n) is 12.5. The Morgan fingerprint density at radius 2 is 1.64 bits per heavy atom. The molecule has 0 amide bonds. The minimum atomic E-state index is -0.640. The summed E-state index contributed by atoms with van der Waals surface area (Å²) in [6.07, 6.45) is 3.28. The van der Waals surface area contributed by atoms with Gasteiger partial charge in [0, 0.05) is 35.5 Å². The average molecular weight is 339 g/mol. The third-order valence-corrected chi connectivity index (χ3v) is 3.49. The van der Waals surface area contributed by atoms with E-state index in [4.69, 9.17) is 4.74 Å². The van der Waals surface area contributed by atoms with E-state index in [9.17, 15) is 25.0 Å². The summed E-state index contributed by atoms with van der Waals surface area (Å²) in [5.41, 5.74) is -0.286. The maximum absolute atomic E-state index is 11.2. The predicted octanol–water partition coefficient (Wildman–Crippen LogP) is 3.66. The molecule has 0 spiro atoms. The van der Waals surface area contributed by atoms with Crippen molar-refractivity contribution in [2.75, 3.05) is 0 Å². The first-order valence-electron chi connectivity index (χ1n) is 6.94. The van der Waals surface area contributed by atoms with Crippen molar-refractivity contribution < 1.29 is 19.4 Å². The molecule has 1 aromatic heterocycles. The molecule has 2 aromatic carbocycles. The zero-order chi connectivity index (χ0) is 18.0. The van der Waals surface area contributed by atoms with Gasteiger partial charge in [0.25, 0.3) is 5.69 Å². The molecular formula is C16H9N3O6. The summed E-state index contributed by atoms with van der Waals surface area (Å²) in [7, 11) is 0. The van der Waals surface area contributed by atoms with Crippen LogP contribution in [0.4, 0.5) is 11.4 Å². The standard InChI is InChI=1S/C16H9N3O6/c20-9-10-1-2-14(19(23)24)16(7-10)25-15-4-3-13(18(21)22)12-8-17-6-5-11(12)15/h1-9H. The number of nitro groups is 2. The molecule has 1 heterocycles. The number of carbonyl (C=O) groups is 1. The summed E-state index contributed by atoms with van der Waals surface area (Å²) in [6.45, 7) is 0. The van der Waals surface area contributed by atoms with Crippen molar-refractivity contribution in [2.24, 2.45) is 0 Å². The van der Waals surface area contributed by atoms with Crippen LogP contribution in [-0.4, -0.2) is 21.1 Å². The van der Waals surface area contributed by atoms with E-state index in [1.807, 2.05) is 0 Å². The molecule has 0 aliphatic heterocycles. The van der Waals surface area contributed by atoms with Crippen molar-refractivity contribution in [1.82, 2.24) is 4.98 Å². The number of non-ortho nitro benzene ring substituents is 1. The highest BCUT2D eigenvalue weighted by Crippen LogP contribution is 2.38. The van der Waals surface area contributed by atoms with Gasteiger partial charge in [0.15, 0.2) is 0 Å². The van der Waals surface area contributed by atoms with Gasteiger partial charge in [-0.25, -0.2) is 0 Å². The SMILES string of the molecule is O=Cc1ccc([N+](=O)[O-])c(Oc2ccc([N+](=O)[O-])c3cnccc23)c1. The molecular weight excluding hydrogens is 330 g/mol. The fraction of sp³-hybridized carbons (Fsp3) is 0. The molecule has 9 heteroatoms. The molecule has 0 bridgehead atoms. The highest BCUT2D eigenvalue weighted by molar-refractivity contribution is 5.95. The van der Waals surface area contributed by atoms with E-state index in [2.05, 4.69) is 4.98 Å². The molecule has 3 aromatic rings. The Morgan fingerprint density at radius 3 is 2.32 bits per heavy atom. The number of nitrogens with zero attached hydrogens (tertiary/aromatic N) is 3. The lowest BCUT2D eigenvalue weighted by molar-refractivity contribution is -0.385. The van der Waals surface area contributed by atoms with Gasteiger partial charge in [0.1, 0.15) is 12.0 Å². The zero-order valence-corrected chi connectivity index (χ0v) is 12.5. The van der Waals surface area contributed by atoms with Gasteiger partial charge >= 0.3 is 5.69 Å². The summed E-state index contributed by atoms with van der Waals surface area (Å²) in [6, 6.07) is 7.78. The second-order valence-electron chi connectivity index (χ2n) is 4.97. The van der Waals surface area contributed by atoms with Crippen LogP contribution in [0.1, 0.15) is 10.4 Å². The number of hydrogen-bond acceptors (Lipinski definition) is 7. The third kappa shape index (κ3) is 2.98. The van der Waals surface area contributed by atoms with Crippen LogP contribution in [0.25, 0.3) is 10.8 Å². The molecule has 0 saturated carbocycles. The van der Waals surface area contributed by atoms with Crippen LogP contribution in [0.15, 0.2) is 48.8 Å². The lowest BCUT2D eigenvalue weighted by Crippen LogP contribution is -1.96. The number of fused-ring (bicyclic) bond motifs is 1. The molecule has 0 N–H and O–H groups in total. The van der Waals surface area contributed by atoms with Crippen LogP contribution < -0.4 is 4.74 Å². The Morgan fingerprint density at radius 1 is 0.920 bits per heavy atom. The van der Waals surface area contributed by atoms with Gasteiger partial charge < -0.3 is 4.74 Å². The smallest absolute Gasteiger partial charge is 0.311 e. The first-order valence-corrected chi connectivity index (χ1v) is 6.94. The minimum Gasteiger partial charge on any atom is -0.449 e. The van der Waals surface area contributed by atoms with Crippen LogP contribution in [0.2, 0.25) is 0 Å². The molecule has 0 aliphatic rings. The number of hydrogen-bond donors (Lipinski definition) is 0. The number of benzene rings is 2. The van der Waals surface area contributed by atoms with E-state index >= 15 is 0 Å². The molecule has 3 rings (SSSR count). The van der Waals surface area contributed by atoms with Gasteiger partial charge in [0.05, 0.1) is 15.2 Å². The molecule has 0 saturated heterocycles. The predicted molar refractivity (Wildman–Crippen MR) is 87.0 cm³/mol. The Kier molecular flexibility index (Phi) is 4.04. The summed E-state index contributed by atoms with van der Waals surface area (Å²) >= 11 is 0. The molecule has 9 nitrogen and oxygen atoms in total. The van der Waals surface area contributed by atoms with Gasteiger partial charge in [-0.3, -0.25) is 30.0 Å². The quantitative estimate of drug-likeness (QED) is 0.394.